The molecule has 7 nitrogen and oxygen atoms in total. The van der Waals surface area contributed by atoms with E-state index in [1.807, 2.05) is 39.8 Å². The number of amides is 2. The van der Waals surface area contributed by atoms with E-state index in [1.54, 1.807) is 37.3 Å². The monoisotopic (exact) mass is 555 g/mol. The summed E-state index contributed by atoms with van der Waals surface area (Å²) in [6.45, 7) is 8.99. The highest BCUT2D eigenvalue weighted by molar-refractivity contribution is 7.92. The number of halogens is 2. The van der Waals surface area contributed by atoms with Gasteiger partial charge in [-0.3, -0.25) is 13.9 Å². The number of carbonyl (C=O) groups excluding carboxylic acids is 2. The molecule has 0 spiro atoms. The maximum absolute atomic E-state index is 13.7. The number of carbonyl (C=O) groups is 2. The van der Waals surface area contributed by atoms with Gasteiger partial charge in [-0.25, -0.2) is 8.42 Å². The van der Waals surface area contributed by atoms with Crippen molar-refractivity contribution in [3.8, 4) is 0 Å². The van der Waals surface area contributed by atoms with Crippen LogP contribution in [-0.2, 0) is 26.2 Å². The molecular weight excluding hydrogens is 521 g/mol. The minimum atomic E-state index is -3.81. The first kappa shape index (κ1) is 29.9. The van der Waals surface area contributed by atoms with E-state index >= 15 is 0 Å². The van der Waals surface area contributed by atoms with Gasteiger partial charge >= 0.3 is 0 Å². The van der Waals surface area contributed by atoms with E-state index in [1.165, 1.54) is 4.90 Å². The molecule has 1 atom stereocenters. The molecule has 36 heavy (non-hydrogen) atoms. The van der Waals surface area contributed by atoms with Gasteiger partial charge < -0.3 is 10.2 Å². The molecular formula is C26H35Cl2N3O4S. The van der Waals surface area contributed by atoms with Crippen molar-refractivity contribution in [3.63, 3.8) is 0 Å². The second-order valence-corrected chi connectivity index (χ2v) is 12.0. The average molecular weight is 557 g/mol. The molecule has 0 saturated carbocycles. The van der Waals surface area contributed by atoms with Crippen LogP contribution in [0.1, 0.15) is 58.1 Å². The summed E-state index contributed by atoms with van der Waals surface area (Å²) in [6, 6.07) is 11.1. The number of benzene rings is 2. The molecule has 0 aliphatic carbocycles. The van der Waals surface area contributed by atoms with Gasteiger partial charge in [0, 0.05) is 28.2 Å². The van der Waals surface area contributed by atoms with Gasteiger partial charge in [0.1, 0.15) is 12.6 Å². The summed E-state index contributed by atoms with van der Waals surface area (Å²) < 4.78 is 26.5. The van der Waals surface area contributed by atoms with Gasteiger partial charge in [-0.05, 0) is 56.0 Å². The van der Waals surface area contributed by atoms with Crippen molar-refractivity contribution < 1.29 is 18.0 Å². The van der Waals surface area contributed by atoms with E-state index in [0.29, 0.717) is 27.7 Å². The molecule has 0 saturated heterocycles. The lowest BCUT2D eigenvalue weighted by Gasteiger charge is -2.33. The lowest BCUT2D eigenvalue weighted by atomic mass is 10.0. The molecule has 0 radical (unpaired) electrons. The largest absolute Gasteiger partial charge is 0.352 e. The van der Waals surface area contributed by atoms with E-state index in [2.05, 4.69) is 5.32 Å². The fourth-order valence-electron chi connectivity index (χ4n) is 3.79. The van der Waals surface area contributed by atoms with Crippen LogP contribution in [0.5, 0.6) is 0 Å². The van der Waals surface area contributed by atoms with Crippen LogP contribution in [0.15, 0.2) is 42.5 Å². The third-order valence-electron chi connectivity index (χ3n) is 5.73. The number of rotatable bonds is 11. The normalized spacial score (nSPS) is 12.5. The van der Waals surface area contributed by atoms with Gasteiger partial charge in [0.2, 0.25) is 21.8 Å². The maximum Gasteiger partial charge on any atom is 0.244 e. The first-order valence-corrected chi connectivity index (χ1v) is 14.5. The molecule has 0 heterocycles. The molecule has 0 aromatic heterocycles. The van der Waals surface area contributed by atoms with Crippen LogP contribution in [0.25, 0.3) is 0 Å². The topological polar surface area (TPSA) is 86.8 Å². The Morgan fingerprint density at radius 1 is 0.972 bits per heavy atom. The summed E-state index contributed by atoms with van der Waals surface area (Å²) in [4.78, 5) is 28.1. The van der Waals surface area contributed by atoms with Crippen molar-refractivity contribution in [2.24, 2.45) is 0 Å². The number of nitrogens with one attached hydrogen (secondary N) is 1. The van der Waals surface area contributed by atoms with Gasteiger partial charge in [0.15, 0.2) is 0 Å². The van der Waals surface area contributed by atoms with Gasteiger partial charge in [0.25, 0.3) is 0 Å². The number of hydrogen-bond acceptors (Lipinski definition) is 4. The van der Waals surface area contributed by atoms with Crippen LogP contribution in [0.3, 0.4) is 0 Å². The second-order valence-electron chi connectivity index (χ2n) is 9.33. The van der Waals surface area contributed by atoms with Gasteiger partial charge in [-0.15, -0.1) is 0 Å². The van der Waals surface area contributed by atoms with Crippen LogP contribution in [-0.4, -0.2) is 50.0 Å². The predicted molar refractivity (Wildman–Crippen MR) is 147 cm³/mol. The summed E-state index contributed by atoms with van der Waals surface area (Å²) in [5.41, 5.74) is 1.90. The number of nitrogens with zero attached hydrogens (tertiary/aromatic N) is 2. The molecule has 2 aromatic carbocycles. The van der Waals surface area contributed by atoms with Crippen LogP contribution in [0, 0.1) is 0 Å². The zero-order valence-corrected chi connectivity index (χ0v) is 23.9. The molecule has 2 aromatic rings. The van der Waals surface area contributed by atoms with Crippen LogP contribution < -0.4 is 9.62 Å². The SMILES string of the molecule is CCC(C(=O)NC(C)C)N(Cc1c(Cl)cccc1Cl)C(=O)CN(c1ccc(C(C)C)cc1)S(C)(=O)=O. The molecule has 2 amide bonds. The van der Waals surface area contributed by atoms with Crippen LogP contribution in [0.4, 0.5) is 5.69 Å². The molecule has 1 N–H and O–H groups in total. The molecule has 0 bridgehead atoms. The summed E-state index contributed by atoms with van der Waals surface area (Å²) in [5, 5.41) is 3.55. The van der Waals surface area contributed by atoms with E-state index in [4.69, 9.17) is 23.2 Å². The Balaban J connectivity index is 2.49. The zero-order chi connectivity index (χ0) is 27.2. The third kappa shape index (κ3) is 7.85. The molecule has 0 aliphatic heterocycles. The molecule has 0 fully saturated rings. The van der Waals surface area contributed by atoms with Crippen LogP contribution in [0.2, 0.25) is 10.0 Å². The van der Waals surface area contributed by atoms with Crippen molar-refractivity contribution >= 4 is 50.7 Å². The van der Waals surface area contributed by atoms with E-state index < -0.39 is 28.5 Å². The third-order valence-corrected chi connectivity index (χ3v) is 7.58. The minimum Gasteiger partial charge on any atom is -0.352 e. The lowest BCUT2D eigenvalue weighted by Crippen LogP contribution is -2.53. The van der Waals surface area contributed by atoms with Crippen molar-refractivity contribution in [3.05, 3.63) is 63.6 Å². The molecule has 2 rings (SSSR count). The Bertz CT molecular complexity index is 1150. The number of sulfonamides is 1. The summed E-state index contributed by atoms with van der Waals surface area (Å²) in [5.74, 6) is -0.612. The van der Waals surface area contributed by atoms with Gasteiger partial charge in [-0.2, -0.15) is 0 Å². The lowest BCUT2D eigenvalue weighted by molar-refractivity contribution is -0.140. The highest BCUT2D eigenvalue weighted by Crippen LogP contribution is 2.28. The number of hydrogen-bond donors (Lipinski definition) is 1. The van der Waals surface area contributed by atoms with Crippen molar-refractivity contribution in [1.82, 2.24) is 10.2 Å². The van der Waals surface area contributed by atoms with Gasteiger partial charge in [-0.1, -0.05) is 62.2 Å². The minimum absolute atomic E-state index is 0.0503. The van der Waals surface area contributed by atoms with E-state index in [9.17, 15) is 18.0 Å². The highest BCUT2D eigenvalue weighted by Gasteiger charge is 2.32. The smallest absolute Gasteiger partial charge is 0.244 e. The zero-order valence-electron chi connectivity index (χ0n) is 21.6. The molecule has 10 heteroatoms. The van der Waals surface area contributed by atoms with Crippen LogP contribution >= 0.6 is 23.2 Å². The first-order valence-electron chi connectivity index (χ1n) is 11.9. The fraction of sp³-hybridized carbons (Fsp3) is 0.462. The number of anilines is 1. The fourth-order valence-corrected chi connectivity index (χ4v) is 5.16. The Hall–Kier alpha value is -2.29. The average Bonchev–Trinajstić information content (AvgIpc) is 2.77. The highest BCUT2D eigenvalue weighted by atomic mass is 35.5. The van der Waals surface area contributed by atoms with Crippen molar-refractivity contribution in [2.45, 2.75) is 65.6 Å². The van der Waals surface area contributed by atoms with E-state index in [-0.39, 0.29) is 24.4 Å². The van der Waals surface area contributed by atoms with Gasteiger partial charge in [0.05, 0.1) is 11.9 Å². The predicted octanol–water partition coefficient (Wildman–Crippen LogP) is 5.21. The summed E-state index contributed by atoms with van der Waals surface area (Å²) >= 11 is 12.8. The first-order chi connectivity index (χ1) is 16.8. The molecule has 0 aliphatic rings. The Kier molecular flexibility index (Phi) is 10.6. The molecule has 198 valence electrons. The quantitative estimate of drug-likeness (QED) is 0.412. The second kappa shape index (κ2) is 12.8. The van der Waals surface area contributed by atoms with E-state index in [0.717, 1.165) is 16.1 Å². The Morgan fingerprint density at radius 2 is 1.53 bits per heavy atom. The summed E-state index contributed by atoms with van der Waals surface area (Å²) in [6.07, 6.45) is 1.36. The molecule has 1 unspecified atom stereocenters. The van der Waals surface area contributed by atoms with Crippen molar-refractivity contribution in [1.29, 1.82) is 0 Å². The van der Waals surface area contributed by atoms with Crippen molar-refractivity contribution in [2.75, 3.05) is 17.1 Å². The Morgan fingerprint density at radius 3 is 1.97 bits per heavy atom. The Labute approximate surface area is 224 Å². The maximum atomic E-state index is 13.7. The standard InChI is InChI=1S/C26H35Cl2N3O4S/c1-7-24(26(33)29-18(4)5)30(15-21-22(27)9-8-10-23(21)28)25(32)16-31(36(6,34)35)20-13-11-19(12-14-20)17(2)3/h8-14,17-18,24H,7,15-16H2,1-6H3,(H,29,33). The summed E-state index contributed by atoms with van der Waals surface area (Å²) in [7, 11) is -3.81.